The summed E-state index contributed by atoms with van der Waals surface area (Å²) in [4.78, 5) is 0. The molecule has 2 aromatic rings. The molecule has 0 aliphatic rings. The van der Waals surface area contributed by atoms with Gasteiger partial charge in [0.15, 0.2) is 0 Å². The highest BCUT2D eigenvalue weighted by Gasteiger charge is 2.08. The quantitative estimate of drug-likeness (QED) is 0.583. The van der Waals surface area contributed by atoms with Gasteiger partial charge in [-0.3, -0.25) is 0 Å². The van der Waals surface area contributed by atoms with Gasteiger partial charge in [0.25, 0.3) is 0 Å². The van der Waals surface area contributed by atoms with Crippen molar-refractivity contribution in [1.82, 2.24) is 0 Å². The predicted octanol–water partition coefficient (Wildman–Crippen LogP) is 6.08. The topological polar surface area (TPSA) is 0 Å². The molecule has 0 spiro atoms. The van der Waals surface area contributed by atoms with Crippen molar-refractivity contribution in [2.24, 2.45) is 0 Å². The maximum atomic E-state index is 6.41. The van der Waals surface area contributed by atoms with Crippen LogP contribution < -0.4 is 0 Å². The molecule has 0 aromatic heterocycles. The van der Waals surface area contributed by atoms with E-state index in [1.807, 2.05) is 18.2 Å². The lowest BCUT2D eigenvalue weighted by Crippen LogP contribution is -2.05. The normalized spacial score (nSPS) is 12.4. The first kappa shape index (κ1) is 15.7. The van der Waals surface area contributed by atoms with Crippen molar-refractivity contribution in [3.8, 4) is 0 Å². The zero-order valence-corrected chi connectivity index (χ0v) is 13.6. The second-order valence-corrected chi connectivity index (χ2v) is 6.51. The lowest BCUT2D eigenvalue weighted by molar-refractivity contribution is 0.743. The van der Waals surface area contributed by atoms with Gasteiger partial charge in [-0.05, 0) is 49.4 Å². The molecule has 0 radical (unpaired) electrons. The van der Waals surface area contributed by atoms with E-state index in [1.54, 1.807) is 0 Å². The van der Waals surface area contributed by atoms with Gasteiger partial charge >= 0.3 is 0 Å². The van der Waals surface area contributed by atoms with Crippen molar-refractivity contribution in [1.29, 1.82) is 0 Å². The number of benzene rings is 2. The van der Waals surface area contributed by atoms with E-state index in [9.17, 15) is 0 Å². The van der Waals surface area contributed by atoms with Crippen molar-refractivity contribution in [3.63, 3.8) is 0 Å². The second kappa shape index (κ2) is 7.36. The van der Waals surface area contributed by atoms with Crippen LogP contribution in [0.5, 0.6) is 0 Å². The molecule has 2 aromatic carbocycles. The largest absolute Gasteiger partial charge is 0.123 e. The monoisotopic (exact) mass is 326 g/mol. The summed E-state index contributed by atoms with van der Waals surface area (Å²) < 4.78 is 0. The van der Waals surface area contributed by atoms with E-state index in [0.717, 1.165) is 24.8 Å². The molecule has 0 saturated heterocycles. The van der Waals surface area contributed by atoms with Gasteiger partial charge in [-0.25, -0.2) is 0 Å². The van der Waals surface area contributed by atoms with Crippen LogP contribution in [0.4, 0.5) is 0 Å². The SMILES string of the molecule is Cc1ccc(CCC(Cl)Cc2ccc(Cl)c(Cl)c2)cc1. The fourth-order valence-corrected chi connectivity index (χ4v) is 2.71. The Bertz CT molecular complexity index is 561. The molecule has 0 aliphatic heterocycles. The zero-order valence-electron chi connectivity index (χ0n) is 11.4. The second-order valence-electron chi connectivity index (χ2n) is 5.07. The summed E-state index contributed by atoms with van der Waals surface area (Å²) in [5, 5.41) is 1.28. The van der Waals surface area contributed by atoms with E-state index in [1.165, 1.54) is 11.1 Å². The Kier molecular flexibility index (Phi) is 5.77. The standard InChI is InChI=1S/C17H17Cl3/c1-12-2-4-13(5-3-12)6-8-15(18)10-14-7-9-16(19)17(20)11-14/h2-5,7,9,11,15H,6,8,10H2,1H3. The molecule has 20 heavy (non-hydrogen) atoms. The Morgan fingerprint density at radius 2 is 1.55 bits per heavy atom. The van der Waals surface area contributed by atoms with E-state index in [4.69, 9.17) is 34.8 Å². The molecule has 1 atom stereocenters. The number of hydrogen-bond acceptors (Lipinski definition) is 0. The third-order valence-electron chi connectivity index (χ3n) is 3.31. The van der Waals surface area contributed by atoms with E-state index in [0.29, 0.717) is 10.0 Å². The molecular weight excluding hydrogens is 311 g/mol. The molecule has 2 rings (SSSR count). The van der Waals surface area contributed by atoms with Gasteiger partial charge in [-0.2, -0.15) is 0 Å². The molecule has 3 heteroatoms. The molecule has 0 nitrogen and oxygen atoms in total. The number of alkyl halides is 1. The molecule has 106 valence electrons. The number of halogens is 3. The molecule has 0 saturated carbocycles. The Balaban J connectivity index is 1.87. The van der Waals surface area contributed by atoms with Crippen LogP contribution in [-0.2, 0) is 12.8 Å². The van der Waals surface area contributed by atoms with Crippen LogP contribution in [0.1, 0.15) is 23.1 Å². The smallest absolute Gasteiger partial charge is 0.0595 e. The first-order valence-corrected chi connectivity index (χ1v) is 7.87. The van der Waals surface area contributed by atoms with Crippen molar-refractivity contribution in [3.05, 3.63) is 69.2 Å². The van der Waals surface area contributed by atoms with Crippen LogP contribution in [0.15, 0.2) is 42.5 Å². The molecular formula is C17H17Cl3. The molecule has 0 aliphatic carbocycles. The summed E-state index contributed by atoms with van der Waals surface area (Å²) in [7, 11) is 0. The van der Waals surface area contributed by atoms with Crippen LogP contribution in [0, 0.1) is 6.92 Å². The number of hydrogen-bond donors (Lipinski definition) is 0. The highest BCUT2D eigenvalue weighted by atomic mass is 35.5. The average molecular weight is 328 g/mol. The molecule has 0 N–H and O–H groups in total. The maximum Gasteiger partial charge on any atom is 0.0595 e. The van der Waals surface area contributed by atoms with Crippen molar-refractivity contribution in [2.45, 2.75) is 31.6 Å². The maximum absolute atomic E-state index is 6.41. The molecule has 0 fully saturated rings. The fraction of sp³-hybridized carbons (Fsp3) is 0.294. The first-order chi connectivity index (χ1) is 9.54. The van der Waals surface area contributed by atoms with Crippen LogP contribution >= 0.6 is 34.8 Å². The minimum Gasteiger partial charge on any atom is -0.123 e. The van der Waals surface area contributed by atoms with E-state index in [-0.39, 0.29) is 5.38 Å². The van der Waals surface area contributed by atoms with E-state index in [2.05, 4.69) is 31.2 Å². The number of rotatable bonds is 5. The Hall–Kier alpha value is -0.690. The summed E-state index contributed by atoms with van der Waals surface area (Å²) in [6, 6.07) is 14.3. The Morgan fingerprint density at radius 1 is 0.900 bits per heavy atom. The summed E-state index contributed by atoms with van der Waals surface area (Å²) in [5.41, 5.74) is 3.74. The van der Waals surface area contributed by atoms with Crippen LogP contribution in [0.25, 0.3) is 0 Å². The summed E-state index contributed by atoms with van der Waals surface area (Å²) >= 11 is 18.3. The van der Waals surface area contributed by atoms with E-state index < -0.39 is 0 Å². The zero-order chi connectivity index (χ0) is 14.5. The van der Waals surface area contributed by atoms with Crippen molar-refractivity contribution in [2.75, 3.05) is 0 Å². The summed E-state index contributed by atoms with van der Waals surface area (Å²) in [6.07, 6.45) is 2.75. The van der Waals surface area contributed by atoms with Gasteiger partial charge in [0.1, 0.15) is 0 Å². The highest BCUT2D eigenvalue weighted by Crippen LogP contribution is 2.24. The third kappa shape index (κ3) is 4.70. The summed E-state index contributed by atoms with van der Waals surface area (Å²) in [6.45, 7) is 2.10. The summed E-state index contributed by atoms with van der Waals surface area (Å²) in [5.74, 6) is 0. The Morgan fingerprint density at radius 3 is 2.20 bits per heavy atom. The Labute approximate surface area is 135 Å². The van der Waals surface area contributed by atoms with E-state index >= 15 is 0 Å². The van der Waals surface area contributed by atoms with Gasteiger partial charge in [0, 0.05) is 5.38 Å². The van der Waals surface area contributed by atoms with Gasteiger partial charge in [-0.15, -0.1) is 11.6 Å². The van der Waals surface area contributed by atoms with Crippen LogP contribution in [-0.4, -0.2) is 5.38 Å². The van der Waals surface area contributed by atoms with Crippen molar-refractivity contribution >= 4 is 34.8 Å². The fourth-order valence-electron chi connectivity index (χ4n) is 2.10. The molecule has 0 amide bonds. The average Bonchev–Trinajstić information content (AvgIpc) is 2.42. The first-order valence-electron chi connectivity index (χ1n) is 6.68. The lowest BCUT2D eigenvalue weighted by Gasteiger charge is -2.10. The third-order valence-corrected chi connectivity index (χ3v) is 4.42. The van der Waals surface area contributed by atoms with Crippen LogP contribution in [0.3, 0.4) is 0 Å². The number of aryl methyl sites for hydroxylation is 2. The van der Waals surface area contributed by atoms with Crippen molar-refractivity contribution < 1.29 is 0 Å². The molecule has 0 heterocycles. The predicted molar refractivity (Wildman–Crippen MR) is 89.3 cm³/mol. The lowest BCUT2D eigenvalue weighted by atomic mass is 10.0. The highest BCUT2D eigenvalue weighted by molar-refractivity contribution is 6.42. The van der Waals surface area contributed by atoms with Gasteiger partial charge in [0.05, 0.1) is 10.0 Å². The van der Waals surface area contributed by atoms with Crippen LogP contribution in [0.2, 0.25) is 10.0 Å². The minimum absolute atomic E-state index is 0.105. The van der Waals surface area contributed by atoms with Gasteiger partial charge in [-0.1, -0.05) is 59.1 Å². The minimum atomic E-state index is 0.105. The molecule has 1 unspecified atom stereocenters. The van der Waals surface area contributed by atoms with Gasteiger partial charge in [0.2, 0.25) is 0 Å². The van der Waals surface area contributed by atoms with Gasteiger partial charge < -0.3 is 0 Å². The molecule has 0 bridgehead atoms.